The molecule has 1 rings (SSSR count). The summed E-state index contributed by atoms with van der Waals surface area (Å²) in [4.78, 5) is 12.0. The molecule has 0 aliphatic rings. The number of rotatable bonds is 6. The van der Waals surface area contributed by atoms with Gasteiger partial charge in [-0.05, 0) is 41.9 Å². The standard InChI is InChI=1S/C18H30N2O/c1-6-13(2)14-7-9-16(10-8-14)20-17(21)11-15(19)12-18(3,4)5/h7-10,13,15H,6,11-12,19H2,1-5H3,(H,20,21). The zero-order valence-corrected chi connectivity index (χ0v) is 14.1. The van der Waals surface area contributed by atoms with Crippen LogP contribution in [0.1, 0.15) is 65.4 Å². The normalized spacial score (nSPS) is 14.6. The van der Waals surface area contributed by atoms with Crippen LogP contribution in [0.15, 0.2) is 24.3 Å². The quantitative estimate of drug-likeness (QED) is 0.821. The highest BCUT2D eigenvalue weighted by Crippen LogP contribution is 2.22. The van der Waals surface area contributed by atoms with Gasteiger partial charge in [0.15, 0.2) is 0 Å². The fraction of sp³-hybridized carbons (Fsp3) is 0.611. The molecule has 3 heteroatoms. The number of nitrogens with two attached hydrogens (primary N) is 1. The van der Waals surface area contributed by atoms with Gasteiger partial charge in [0.25, 0.3) is 0 Å². The molecule has 0 heterocycles. The third kappa shape index (κ3) is 6.76. The second kappa shape index (κ2) is 7.60. The number of benzene rings is 1. The van der Waals surface area contributed by atoms with Gasteiger partial charge >= 0.3 is 0 Å². The van der Waals surface area contributed by atoms with Crippen LogP contribution in [-0.4, -0.2) is 11.9 Å². The van der Waals surface area contributed by atoms with E-state index < -0.39 is 0 Å². The Hall–Kier alpha value is -1.35. The van der Waals surface area contributed by atoms with E-state index in [1.807, 2.05) is 12.1 Å². The third-order valence-electron chi connectivity index (χ3n) is 3.70. The maximum Gasteiger partial charge on any atom is 0.225 e. The molecule has 0 radical (unpaired) electrons. The van der Waals surface area contributed by atoms with Crippen LogP contribution in [0.3, 0.4) is 0 Å². The van der Waals surface area contributed by atoms with Gasteiger partial charge in [0.1, 0.15) is 0 Å². The van der Waals surface area contributed by atoms with E-state index in [4.69, 9.17) is 5.73 Å². The first-order valence-corrected chi connectivity index (χ1v) is 7.86. The first-order valence-electron chi connectivity index (χ1n) is 7.86. The third-order valence-corrected chi connectivity index (χ3v) is 3.70. The van der Waals surface area contributed by atoms with E-state index in [1.165, 1.54) is 5.56 Å². The highest BCUT2D eigenvalue weighted by Gasteiger charge is 2.18. The van der Waals surface area contributed by atoms with Crippen molar-refractivity contribution in [3.8, 4) is 0 Å². The Kier molecular flexibility index (Phi) is 6.41. The van der Waals surface area contributed by atoms with Crippen molar-refractivity contribution in [2.45, 2.75) is 65.8 Å². The van der Waals surface area contributed by atoms with Crippen LogP contribution < -0.4 is 11.1 Å². The Balaban J connectivity index is 2.51. The maximum atomic E-state index is 12.0. The minimum absolute atomic E-state index is 0.0111. The van der Waals surface area contributed by atoms with Crippen molar-refractivity contribution in [3.63, 3.8) is 0 Å². The van der Waals surface area contributed by atoms with Gasteiger partial charge in [0.05, 0.1) is 0 Å². The van der Waals surface area contributed by atoms with E-state index >= 15 is 0 Å². The van der Waals surface area contributed by atoms with Gasteiger partial charge in [-0.3, -0.25) is 4.79 Å². The molecule has 0 bridgehead atoms. The Bertz CT molecular complexity index is 445. The SMILES string of the molecule is CCC(C)c1ccc(NC(=O)CC(N)CC(C)(C)C)cc1. The lowest BCUT2D eigenvalue weighted by molar-refractivity contribution is -0.116. The molecule has 2 unspecified atom stereocenters. The topological polar surface area (TPSA) is 55.1 Å². The lowest BCUT2D eigenvalue weighted by Gasteiger charge is -2.22. The van der Waals surface area contributed by atoms with Crippen LogP contribution in [0.4, 0.5) is 5.69 Å². The Labute approximate surface area is 129 Å². The van der Waals surface area contributed by atoms with E-state index in [-0.39, 0.29) is 17.4 Å². The molecule has 3 N–H and O–H groups in total. The van der Waals surface area contributed by atoms with Gasteiger partial charge in [-0.15, -0.1) is 0 Å². The molecule has 0 saturated heterocycles. The number of hydrogen-bond acceptors (Lipinski definition) is 2. The van der Waals surface area contributed by atoms with Gasteiger partial charge in [0, 0.05) is 18.2 Å². The summed E-state index contributed by atoms with van der Waals surface area (Å²) in [6, 6.07) is 8.01. The molecule has 3 nitrogen and oxygen atoms in total. The fourth-order valence-electron chi connectivity index (χ4n) is 2.44. The Morgan fingerprint density at radius 1 is 1.24 bits per heavy atom. The van der Waals surface area contributed by atoms with Crippen LogP contribution in [0, 0.1) is 5.41 Å². The van der Waals surface area contributed by atoms with Gasteiger partial charge in [0.2, 0.25) is 5.91 Å². The number of anilines is 1. The summed E-state index contributed by atoms with van der Waals surface area (Å²) in [5.41, 5.74) is 8.33. The summed E-state index contributed by atoms with van der Waals surface area (Å²) in [5.74, 6) is 0.540. The number of carbonyl (C=O) groups is 1. The van der Waals surface area contributed by atoms with Crippen molar-refractivity contribution in [2.24, 2.45) is 11.1 Å². The van der Waals surface area contributed by atoms with Crippen molar-refractivity contribution in [3.05, 3.63) is 29.8 Å². The summed E-state index contributed by atoms with van der Waals surface area (Å²) < 4.78 is 0. The van der Waals surface area contributed by atoms with Gasteiger partial charge in [-0.25, -0.2) is 0 Å². The zero-order chi connectivity index (χ0) is 16.0. The molecule has 118 valence electrons. The van der Waals surface area contributed by atoms with Crippen molar-refractivity contribution in [2.75, 3.05) is 5.32 Å². The zero-order valence-electron chi connectivity index (χ0n) is 14.1. The minimum Gasteiger partial charge on any atom is -0.327 e. The smallest absolute Gasteiger partial charge is 0.225 e. The number of amides is 1. The van der Waals surface area contributed by atoms with Gasteiger partial charge < -0.3 is 11.1 Å². The molecule has 1 amide bonds. The number of nitrogens with one attached hydrogen (secondary N) is 1. The van der Waals surface area contributed by atoms with E-state index in [0.29, 0.717) is 12.3 Å². The lowest BCUT2D eigenvalue weighted by Crippen LogP contribution is -2.31. The highest BCUT2D eigenvalue weighted by atomic mass is 16.1. The summed E-state index contributed by atoms with van der Waals surface area (Å²) in [7, 11) is 0. The van der Waals surface area contributed by atoms with Gasteiger partial charge in [-0.2, -0.15) is 0 Å². The minimum atomic E-state index is -0.0932. The average molecular weight is 290 g/mol. The van der Waals surface area contributed by atoms with Crippen molar-refractivity contribution < 1.29 is 4.79 Å². The van der Waals surface area contributed by atoms with Crippen LogP contribution in [0.25, 0.3) is 0 Å². The largest absolute Gasteiger partial charge is 0.327 e. The first-order chi connectivity index (χ1) is 9.71. The summed E-state index contributed by atoms with van der Waals surface area (Å²) >= 11 is 0. The molecular formula is C18H30N2O. The molecule has 0 saturated carbocycles. The van der Waals surface area contributed by atoms with Crippen LogP contribution >= 0.6 is 0 Å². The summed E-state index contributed by atoms with van der Waals surface area (Å²) in [5, 5.41) is 2.92. The predicted molar refractivity (Wildman–Crippen MR) is 90.4 cm³/mol. The molecule has 2 atom stereocenters. The monoisotopic (exact) mass is 290 g/mol. The maximum absolute atomic E-state index is 12.0. The van der Waals surface area contributed by atoms with Gasteiger partial charge in [-0.1, -0.05) is 46.8 Å². The van der Waals surface area contributed by atoms with E-state index in [0.717, 1.165) is 18.5 Å². The van der Waals surface area contributed by atoms with Crippen molar-refractivity contribution in [1.82, 2.24) is 0 Å². The van der Waals surface area contributed by atoms with E-state index in [1.54, 1.807) is 0 Å². The van der Waals surface area contributed by atoms with Crippen molar-refractivity contribution >= 4 is 11.6 Å². The Morgan fingerprint density at radius 2 is 1.81 bits per heavy atom. The fourth-order valence-corrected chi connectivity index (χ4v) is 2.44. The molecule has 0 aliphatic carbocycles. The second-order valence-corrected chi connectivity index (χ2v) is 7.21. The number of hydrogen-bond donors (Lipinski definition) is 2. The van der Waals surface area contributed by atoms with Crippen molar-refractivity contribution in [1.29, 1.82) is 0 Å². The second-order valence-electron chi connectivity index (χ2n) is 7.21. The summed E-state index contributed by atoms with van der Waals surface area (Å²) in [6.07, 6.45) is 2.32. The molecule has 0 aromatic heterocycles. The predicted octanol–water partition coefficient (Wildman–Crippen LogP) is 4.29. The van der Waals surface area contributed by atoms with Crippen LogP contribution in [-0.2, 0) is 4.79 Å². The molecule has 1 aromatic carbocycles. The number of carbonyl (C=O) groups excluding carboxylic acids is 1. The molecule has 21 heavy (non-hydrogen) atoms. The van der Waals surface area contributed by atoms with E-state index in [9.17, 15) is 4.79 Å². The molecular weight excluding hydrogens is 260 g/mol. The molecule has 0 aliphatic heterocycles. The highest BCUT2D eigenvalue weighted by molar-refractivity contribution is 5.91. The Morgan fingerprint density at radius 3 is 2.29 bits per heavy atom. The van der Waals surface area contributed by atoms with Crippen LogP contribution in [0.5, 0.6) is 0 Å². The summed E-state index contributed by atoms with van der Waals surface area (Å²) in [6.45, 7) is 10.8. The molecule has 1 aromatic rings. The first kappa shape index (κ1) is 17.7. The van der Waals surface area contributed by atoms with Crippen LogP contribution in [0.2, 0.25) is 0 Å². The molecule has 0 spiro atoms. The van der Waals surface area contributed by atoms with E-state index in [2.05, 4.69) is 52.1 Å². The lowest BCUT2D eigenvalue weighted by atomic mass is 9.87. The average Bonchev–Trinajstić information content (AvgIpc) is 2.36. The molecule has 0 fully saturated rings.